The largest absolute Gasteiger partial charge is 0.471 e. The molecule has 0 aromatic heterocycles. The summed E-state index contributed by atoms with van der Waals surface area (Å²) in [4.78, 5) is 12.7. The lowest BCUT2D eigenvalue weighted by molar-refractivity contribution is -0.186. The third-order valence-electron chi connectivity index (χ3n) is 6.51. The van der Waals surface area contributed by atoms with Crippen molar-refractivity contribution in [1.29, 1.82) is 0 Å². The molecule has 0 bridgehead atoms. The first kappa shape index (κ1) is 25.0. The Morgan fingerprint density at radius 2 is 1.38 bits per heavy atom. The summed E-state index contributed by atoms with van der Waals surface area (Å²) in [5.41, 5.74) is 0.522. The molecule has 0 radical (unpaired) electrons. The predicted octanol–water partition coefficient (Wildman–Crippen LogP) is 5.47. The summed E-state index contributed by atoms with van der Waals surface area (Å²) < 4.78 is 67.3. The topological polar surface area (TPSA) is 66.5 Å². The number of nitrogens with zero attached hydrogens (tertiary/aromatic N) is 1. The van der Waals surface area contributed by atoms with Crippen LogP contribution in [0.4, 0.5) is 13.2 Å². The smallest absolute Gasteiger partial charge is 0.328 e. The maximum Gasteiger partial charge on any atom is 0.471 e. The van der Waals surface area contributed by atoms with Gasteiger partial charge >= 0.3 is 12.1 Å². The van der Waals surface area contributed by atoms with Gasteiger partial charge in [-0.25, -0.2) is 13.1 Å². The highest BCUT2D eigenvalue weighted by Gasteiger charge is 2.46. The maximum atomic E-state index is 12.9. The van der Waals surface area contributed by atoms with Crippen molar-refractivity contribution >= 4 is 15.9 Å². The van der Waals surface area contributed by atoms with Crippen LogP contribution in [0, 0.1) is 0 Å². The van der Waals surface area contributed by atoms with E-state index in [-0.39, 0.29) is 17.5 Å². The fourth-order valence-electron chi connectivity index (χ4n) is 4.78. The van der Waals surface area contributed by atoms with Gasteiger partial charge in [0.2, 0.25) is 10.0 Å². The first-order chi connectivity index (χ1) is 15.2. The lowest BCUT2D eigenvalue weighted by Crippen LogP contribution is -2.40. The molecule has 1 saturated carbocycles. The van der Waals surface area contributed by atoms with E-state index in [9.17, 15) is 26.4 Å². The SMILES string of the molecule is O=C(N1CCCC1c1ccc(S(=O)(=O)NC2CCCCCCCCCC2)cc1)C(F)(F)F. The molecule has 1 heterocycles. The Hall–Kier alpha value is -1.61. The molecule has 180 valence electrons. The van der Waals surface area contributed by atoms with Gasteiger partial charge in [0.15, 0.2) is 0 Å². The fourth-order valence-corrected chi connectivity index (χ4v) is 6.09. The number of nitrogens with one attached hydrogen (secondary N) is 1. The average Bonchev–Trinajstić information content (AvgIpc) is 3.20. The van der Waals surface area contributed by atoms with Gasteiger partial charge in [-0.2, -0.15) is 13.2 Å². The molecule has 1 atom stereocenters. The Bertz CT molecular complexity index is 844. The Balaban J connectivity index is 1.67. The van der Waals surface area contributed by atoms with Crippen LogP contribution >= 0.6 is 0 Å². The minimum Gasteiger partial charge on any atom is -0.328 e. The zero-order chi connectivity index (χ0) is 23.2. The van der Waals surface area contributed by atoms with E-state index >= 15 is 0 Å². The number of alkyl halides is 3. The average molecular weight is 475 g/mol. The van der Waals surface area contributed by atoms with Crippen LogP contribution in [0.3, 0.4) is 0 Å². The summed E-state index contributed by atoms with van der Waals surface area (Å²) in [6.07, 6.45) is 6.71. The van der Waals surface area contributed by atoms with Gasteiger partial charge in [-0.1, -0.05) is 63.5 Å². The molecule has 2 fully saturated rings. The molecule has 1 N–H and O–H groups in total. The van der Waals surface area contributed by atoms with Crippen molar-refractivity contribution < 1.29 is 26.4 Å². The van der Waals surface area contributed by atoms with Gasteiger partial charge in [0, 0.05) is 12.6 Å². The highest BCUT2D eigenvalue weighted by atomic mass is 32.2. The molecule has 1 aliphatic heterocycles. The van der Waals surface area contributed by atoms with E-state index in [2.05, 4.69) is 4.72 Å². The highest BCUT2D eigenvalue weighted by molar-refractivity contribution is 7.89. The van der Waals surface area contributed by atoms with Crippen molar-refractivity contribution in [3.8, 4) is 0 Å². The summed E-state index contributed by atoms with van der Waals surface area (Å²) in [5.74, 6) is -1.84. The maximum absolute atomic E-state index is 12.9. The normalized spacial score (nSPS) is 22.5. The molecular weight excluding hydrogens is 441 g/mol. The monoisotopic (exact) mass is 474 g/mol. The number of amides is 1. The number of hydrogen-bond donors (Lipinski definition) is 1. The van der Waals surface area contributed by atoms with Crippen LogP contribution in [-0.2, 0) is 14.8 Å². The number of carbonyl (C=O) groups is 1. The Kier molecular flexibility index (Phi) is 8.61. The third kappa shape index (κ3) is 6.70. The summed E-state index contributed by atoms with van der Waals surface area (Å²) in [5, 5.41) is 0. The second-order valence-electron chi connectivity index (χ2n) is 8.95. The van der Waals surface area contributed by atoms with Crippen LogP contribution in [0.2, 0.25) is 0 Å². The van der Waals surface area contributed by atoms with Crippen molar-refractivity contribution in [2.75, 3.05) is 6.54 Å². The van der Waals surface area contributed by atoms with Gasteiger partial charge in [0.05, 0.1) is 10.9 Å². The quantitative estimate of drug-likeness (QED) is 0.629. The minimum atomic E-state index is -4.91. The van der Waals surface area contributed by atoms with Gasteiger partial charge in [-0.05, 0) is 43.4 Å². The third-order valence-corrected chi connectivity index (χ3v) is 8.04. The molecule has 1 aliphatic carbocycles. The molecule has 1 unspecified atom stereocenters. The number of sulfonamides is 1. The minimum absolute atomic E-state index is 0.0479. The highest BCUT2D eigenvalue weighted by Crippen LogP contribution is 2.35. The van der Waals surface area contributed by atoms with E-state index in [0.717, 1.165) is 43.4 Å². The van der Waals surface area contributed by atoms with E-state index < -0.39 is 28.1 Å². The molecule has 1 saturated heterocycles. The van der Waals surface area contributed by atoms with E-state index in [4.69, 9.17) is 0 Å². The molecule has 9 heteroatoms. The molecule has 1 aromatic rings. The number of hydrogen-bond acceptors (Lipinski definition) is 3. The summed E-state index contributed by atoms with van der Waals surface area (Å²) in [6, 6.07) is 5.12. The van der Waals surface area contributed by atoms with Gasteiger partial charge < -0.3 is 4.90 Å². The van der Waals surface area contributed by atoms with Gasteiger partial charge in [0.1, 0.15) is 0 Å². The summed E-state index contributed by atoms with van der Waals surface area (Å²) in [7, 11) is -3.72. The molecular formula is C23H33F3N2O3S. The molecule has 32 heavy (non-hydrogen) atoms. The lowest BCUT2D eigenvalue weighted by atomic mass is 10.0. The Labute approximate surface area is 188 Å². The van der Waals surface area contributed by atoms with Crippen LogP contribution in [0.5, 0.6) is 0 Å². The number of rotatable bonds is 4. The number of benzene rings is 1. The predicted molar refractivity (Wildman–Crippen MR) is 116 cm³/mol. The first-order valence-electron chi connectivity index (χ1n) is 11.7. The molecule has 1 amide bonds. The first-order valence-corrected chi connectivity index (χ1v) is 13.2. The Morgan fingerprint density at radius 1 is 0.844 bits per heavy atom. The number of carbonyl (C=O) groups excluding carboxylic acids is 1. The van der Waals surface area contributed by atoms with Gasteiger partial charge in [0.25, 0.3) is 0 Å². The number of halogens is 3. The molecule has 0 spiro atoms. The Morgan fingerprint density at radius 3 is 1.91 bits per heavy atom. The standard InChI is InChI=1S/C23H33F3N2O3S/c24-23(25,26)22(29)28-17-9-12-21(28)18-13-15-20(16-14-18)32(30,31)27-19-10-7-5-3-1-2-4-6-8-11-19/h13-16,19,21,27H,1-12,17H2. The zero-order valence-corrected chi connectivity index (χ0v) is 19.2. The van der Waals surface area contributed by atoms with Gasteiger partial charge in [-0.3, -0.25) is 4.79 Å². The molecule has 3 rings (SSSR count). The molecule has 1 aromatic carbocycles. The second kappa shape index (κ2) is 11.0. The lowest BCUT2D eigenvalue weighted by Gasteiger charge is -2.26. The summed E-state index contributed by atoms with van der Waals surface area (Å²) in [6.45, 7) is 0.0479. The zero-order valence-electron chi connectivity index (χ0n) is 18.4. The van der Waals surface area contributed by atoms with Crippen LogP contribution in [-0.4, -0.2) is 38.0 Å². The summed E-state index contributed by atoms with van der Waals surface area (Å²) >= 11 is 0. The van der Waals surface area contributed by atoms with Gasteiger partial charge in [-0.15, -0.1) is 0 Å². The fraction of sp³-hybridized carbons (Fsp3) is 0.696. The van der Waals surface area contributed by atoms with Crippen LogP contribution in [0.15, 0.2) is 29.2 Å². The van der Waals surface area contributed by atoms with E-state index in [0.29, 0.717) is 18.4 Å². The van der Waals surface area contributed by atoms with Crippen molar-refractivity contribution in [3.05, 3.63) is 29.8 Å². The van der Waals surface area contributed by atoms with Crippen molar-refractivity contribution in [3.63, 3.8) is 0 Å². The van der Waals surface area contributed by atoms with Crippen molar-refractivity contribution in [2.24, 2.45) is 0 Å². The van der Waals surface area contributed by atoms with Crippen LogP contribution < -0.4 is 4.72 Å². The van der Waals surface area contributed by atoms with Crippen LogP contribution in [0.25, 0.3) is 0 Å². The number of likely N-dealkylation sites (tertiary alicyclic amines) is 1. The van der Waals surface area contributed by atoms with Crippen LogP contribution in [0.1, 0.15) is 88.7 Å². The van der Waals surface area contributed by atoms with Crippen molar-refractivity contribution in [1.82, 2.24) is 9.62 Å². The second-order valence-corrected chi connectivity index (χ2v) is 10.7. The van der Waals surface area contributed by atoms with Crippen molar-refractivity contribution in [2.45, 2.75) is 100 Å². The van der Waals surface area contributed by atoms with E-state index in [1.807, 2.05) is 0 Å². The van der Waals surface area contributed by atoms with E-state index in [1.165, 1.54) is 49.9 Å². The van der Waals surface area contributed by atoms with E-state index in [1.54, 1.807) is 0 Å². The molecule has 2 aliphatic rings. The molecule has 5 nitrogen and oxygen atoms in total.